The van der Waals surface area contributed by atoms with Gasteiger partial charge in [-0.2, -0.15) is 5.26 Å². The molecule has 5 heterocycles. The zero-order chi connectivity index (χ0) is 24.7. The van der Waals surface area contributed by atoms with Crippen molar-refractivity contribution in [2.45, 2.75) is 13.2 Å². The van der Waals surface area contributed by atoms with E-state index in [9.17, 15) is 5.26 Å². The Hall–Kier alpha value is -3.39. The standard InChI is InChI=1S/C26H22F2N6OS/c1-33-6-12-8-34(9-13(12)7-33)26-31-5-15-16-10-35-11-17(16)21(23(28)24(15)32-26)22-18(27)2-3-19-20(22)14(4-29)25(30)36-19/h2-3,5,12-13H,6-11,30H2,1H3/t12-,13+. The van der Waals surface area contributed by atoms with Crippen molar-refractivity contribution in [3.8, 4) is 17.2 Å². The highest BCUT2D eigenvalue weighted by atomic mass is 32.1. The molecule has 0 aliphatic carbocycles. The summed E-state index contributed by atoms with van der Waals surface area (Å²) in [4.78, 5) is 13.7. The molecule has 3 aliphatic rings. The van der Waals surface area contributed by atoms with Gasteiger partial charge in [0.15, 0.2) is 5.82 Å². The van der Waals surface area contributed by atoms with Crippen molar-refractivity contribution in [1.29, 1.82) is 5.26 Å². The molecular formula is C26H22F2N6OS. The van der Waals surface area contributed by atoms with Crippen LogP contribution in [0.3, 0.4) is 0 Å². The summed E-state index contributed by atoms with van der Waals surface area (Å²) in [5, 5.41) is 10.9. The summed E-state index contributed by atoms with van der Waals surface area (Å²) in [6.07, 6.45) is 1.67. The molecule has 2 aromatic heterocycles. The van der Waals surface area contributed by atoms with E-state index in [1.807, 2.05) is 0 Å². The van der Waals surface area contributed by atoms with Crippen molar-refractivity contribution in [2.24, 2.45) is 11.8 Å². The number of hydrogen-bond acceptors (Lipinski definition) is 8. The van der Waals surface area contributed by atoms with Gasteiger partial charge in [0.25, 0.3) is 0 Å². The van der Waals surface area contributed by atoms with Crippen molar-refractivity contribution in [3.05, 3.63) is 46.7 Å². The van der Waals surface area contributed by atoms with Gasteiger partial charge in [-0.25, -0.2) is 18.7 Å². The number of aromatic nitrogens is 2. The SMILES string of the molecule is CN1C[C@@H]2CN(c3ncc4c5c(c(-c6c(F)ccc7sc(N)c(C#N)c67)c(F)c4n3)COC5)C[C@@H]2C1. The maximum Gasteiger partial charge on any atom is 0.225 e. The molecule has 7 rings (SSSR count). The lowest BCUT2D eigenvalue weighted by Gasteiger charge is -2.20. The monoisotopic (exact) mass is 504 g/mol. The third-order valence-electron chi connectivity index (χ3n) is 7.83. The van der Waals surface area contributed by atoms with Crippen LogP contribution in [0.15, 0.2) is 18.3 Å². The number of nitriles is 1. The van der Waals surface area contributed by atoms with Gasteiger partial charge < -0.3 is 20.3 Å². The highest BCUT2D eigenvalue weighted by molar-refractivity contribution is 7.23. The number of nitrogens with zero attached hydrogens (tertiary/aromatic N) is 5. The topological polar surface area (TPSA) is 91.3 Å². The first-order valence-corrected chi connectivity index (χ1v) is 12.7. The molecule has 2 fully saturated rings. The van der Waals surface area contributed by atoms with Gasteiger partial charge in [0.05, 0.1) is 18.8 Å². The number of anilines is 2. The van der Waals surface area contributed by atoms with Crippen LogP contribution in [-0.4, -0.2) is 48.1 Å². The predicted octanol–water partition coefficient (Wildman–Crippen LogP) is 4.27. The van der Waals surface area contributed by atoms with Crippen molar-refractivity contribution >= 4 is 43.3 Å². The Morgan fingerprint density at radius 1 is 1.11 bits per heavy atom. The van der Waals surface area contributed by atoms with E-state index in [-0.39, 0.29) is 40.4 Å². The van der Waals surface area contributed by atoms with E-state index in [1.165, 1.54) is 17.4 Å². The van der Waals surface area contributed by atoms with Crippen molar-refractivity contribution in [3.63, 3.8) is 0 Å². The number of ether oxygens (including phenoxy) is 1. The van der Waals surface area contributed by atoms with E-state index >= 15 is 8.78 Å². The van der Waals surface area contributed by atoms with Gasteiger partial charge in [-0.15, -0.1) is 11.3 Å². The molecule has 0 radical (unpaired) electrons. The molecule has 2 N–H and O–H groups in total. The fourth-order valence-electron chi connectivity index (χ4n) is 6.25. The molecule has 4 aromatic rings. The molecule has 3 aliphatic heterocycles. The van der Waals surface area contributed by atoms with Crippen molar-refractivity contribution < 1.29 is 13.5 Å². The van der Waals surface area contributed by atoms with E-state index in [0.717, 1.165) is 31.7 Å². The zero-order valence-electron chi connectivity index (χ0n) is 19.5. The number of fused-ring (bicyclic) bond motifs is 5. The second kappa shape index (κ2) is 7.80. The Labute approximate surface area is 209 Å². The van der Waals surface area contributed by atoms with Crippen LogP contribution in [0.1, 0.15) is 16.7 Å². The Balaban J connectivity index is 1.45. The fourth-order valence-corrected chi connectivity index (χ4v) is 7.18. The predicted molar refractivity (Wildman–Crippen MR) is 135 cm³/mol. The molecular weight excluding hydrogens is 482 g/mol. The van der Waals surface area contributed by atoms with Gasteiger partial charge in [-0.05, 0) is 42.1 Å². The van der Waals surface area contributed by atoms with Crippen LogP contribution in [0.4, 0.5) is 19.7 Å². The Morgan fingerprint density at radius 3 is 2.61 bits per heavy atom. The summed E-state index contributed by atoms with van der Waals surface area (Å²) in [7, 11) is 2.13. The molecule has 2 saturated heterocycles. The highest BCUT2D eigenvalue weighted by Gasteiger charge is 2.40. The van der Waals surface area contributed by atoms with Crippen molar-refractivity contribution in [2.75, 3.05) is 43.9 Å². The Morgan fingerprint density at radius 2 is 1.86 bits per heavy atom. The minimum atomic E-state index is -0.628. The summed E-state index contributed by atoms with van der Waals surface area (Å²) < 4.78 is 38.3. The molecule has 182 valence electrons. The first-order chi connectivity index (χ1) is 17.4. The molecule has 7 nitrogen and oxygen atoms in total. The van der Waals surface area contributed by atoms with Crippen LogP contribution >= 0.6 is 11.3 Å². The van der Waals surface area contributed by atoms with Crippen LogP contribution in [0.2, 0.25) is 0 Å². The molecule has 0 amide bonds. The largest absolute Gasteiger partial charge is 0.389 e. The summed E-state index contributed by atoms with van der Waals surface area (Å²) in [5.41, 5.74) is 7.82. The number of nitrogens with two attached hydrogens (primary N) is 1. The first-order valence-electron chi connectivity index (χ1n) is 11.9. The van der Waals surface area contributed by atoms with Crippen LogP contribution in [0.5, 0.6) is 0 Å². The third kappa shape index (κ3) is 3.00. The summed E-state index contributed by atoms with van der Waals surface area (Å²) in [6.45, 7) is 4.13. The minimum absolute atomic E-state index is 0.0389. The summed E-state index contributed by atoms with van der Waals surface area (Å²) >= 11 is 1.19. The number of benzene rings is 2. The van der Waals surface area contributed by atoms with Gasteiger partial charge in [0.2, 0.25) is 5.95 Å². The van der Waals surface area contributed by atoms with Gasteiger partial charge in [0.1, 0.15) is 22.4 Å². The number of hydrogen-bond donors (Lipinski definition) is 1. The van der Waals surface area contributed by atoms with Gasteiger partial charge in [-0.1, -0.05) is 0 Å². The minimum Gasteiger partial charge on any atom is -0.389 e. The van der Waals surface area contributed by atoms with E-state index in [1.54, 1.807) is 12.3 Å². The number of likely N-dealkylation sites (tertiary alicyclic amines) is 1. The number of nitrogen functional groups attached to an aromatic ring is 1. The van der Waals surface area contributed by atoms with E-state index in [0.29, 0.717) is 38.8 Å². The van der Waals surface area contributed by atoms with Crippen LogP contribution in [0, 0.1) is 34.8 Å². The molecule has 2 aromatic carbocycles. The summed E-state index contributed by atoms with van der Waals surface area (Å²) in [6, 6.07) is 4.95. The first kappa shape index (κ1) is 21.9. The highest BCUT2D eigenvalue weighted by Crippen LogP contribution is 2.46. The molecule has 2 atom stereocenters. The average molecular weight is 505 g/mol. The van der Waals surface area contributed by atoms with Gasteiger partial charge in [-0.3, -0.25) is 0 Å². The van der Waals surface area contributed by atoms with E-state index in [2.05, 4.69) is 32.9 Å². The lowest BCUT2D eigenvalue weighted by atomic mass is 9.90. The average Bonchev–Trinajstić information content (AvgIpc) is 3.62. The van der Waals surface area contributed by atoms with Crippen molar-refractivity contribution in [1.82, 2.24) is 14.9 Å². The lowest BCUT2D eigenvalue weighted by Crippen LogP contribution is -2.28. The quantitative estimate of drug-likeness (QED) is 0.436. The molecule has 0 saturated carbocycles. The molecule has 0 spiro atoms. The van der Waals surface area contributed by atoms with Crippen LogP contribution < -0.4 is 10.6 Å². The second-order valence-corrected chi connectivity index (χ2v) is 11.0. The van der Waals surface area contributed by atoms with E-state index in [4.69, 9.17) is 10.5 Å². The van der Waals surface area contributed by atoms with E-state index < -0.39 is 11.6 Å². The number of rotatable bonds is 2. The molecule has 0 bridgehead atoms. The Bertz CT molecular complexity index is 1620. The van der Waals surface area contributed by atoms with Gasteiger partial charge in [0, 0.05) is 59.0 Å². The molecule has 10 heteroatoms. The van der Waals surface area contributed by atoms with Crippen LogP contribution in [-0.2, 0) is 18.0 Å². The summed E-state index contributed by atoms with van der Waals surface area (Å²) in [5.74, 6) is 0.331. The fraction of sp³-hybridized carbons (Fsp3) is 0.346. The normalized spacial score (nSPS) is 21.4. The van der Waals surface area contributed by atoms with Gasteiger partial charge >= 0.3 is 0 Å². The molecule has 0 unspecified atom stereocenters. The maximum absolute atomic E-state index is 16.5. The zero-order valence-corrected chi connectivity index (χ0v) is 20.3. The van der Waals surface area contributed by atoms with Crippen LogP contribution in [0.25, 0.3) is 32.1 Å². The number of thiophene rings is 1. The Kier molecular flexibility index (Phi) is 4.74. The number of halogens is 2. The second-order valence-electron chi connectivity index (χ2n) is 9.97. The lowest BCUT2D eigenvalue weighted by molar-refractivity contribution is 0.135. The maximum atomic E-state index is 16.5. The smallest absolute Gasteiger partial charge is 0.225 e. The third-order valence-corrected chi connectivity index (χ3v) is 8.82. The molecule has 36 heavy (non-hydrogen) atoms.